The fourth-order valence-electron chi connectivity index (χ4n) is 2.56. The van der Waals surface area contributed by atoms with Gasteiger partial charge in [0.25, 0.3) is 0 Å². The van der Waals surface area contributed by atoms with Crippen LogP contribution in [0.15, 0.2) is 18.2 Å². The molecular formula is C15H19ClN2O5S. The van der Waals surface area contributed by atoms with Gasteiger partial charge in [-0.25, -0.2) is 17.5 Å². The normalized spacial score (nSPS) is 18.9. The third-order valence-electron chi connectivity index (χ3n) is 3.87. The summed E-state index contributed by atoms with van der Waals surface area (Å²) in [7, 11) is -2.07. The van der Waals surface area contributed by atoms with Crippen LogP contribution in [-0.4, -0.2) is 51.1 Å². The fraction of sp³-hybridized carbons (Fsp3) is 0.467. The number of hydrogen-bond donors (Lipinski definition) is 1. The number of ether oxygens (including phenoxy) is 1. The average Bonchev–Trinajstić information content (AvgIpc) is 2.55. The Morgan fingerprint density at radius 1 is 1.38 bits per heavy atom. The van der Waals surface area contributed by atoms with Crippen LogP contribution in [0.25, 0.3) is 0 Å². The van der Waals surface area contributed by atoms with Crippen molar-refractivity contribution in [3.8, 4) is 0 Å². The smallest absolute Gasteiger partial charge is 0.337 e. The van der Waals surface area contributed by atoms with E-state index in [4.69, 9.17) is 11.6 Å². The van der Waals surface area contributed by atoms with Gasteiger partial charge in [-0.3, -0.25) is 4.79 Å². The number of amides is 1. The van der Waals surface area contributed by atoms with Crippen molar-refractivity contribution < 1.29 is 22.7 Å². The monoisotopic (exact) mass is 374 g/mol. The molecule has 1 saturated heterocycles. The quantitative estimate of drug-likeness (QED) is 0.810. The first kappa shape index (κ1) is 18.7. The number of anilines is 1. The lowest BCUT2D eigenvalue weighted by Crippen LogP contribution is -2.43. The van der Waals surface area contributed by atoms with E-state index < -0.39 is 21.9 Å². The van der Waals surface area contributed by atoms with Gasteiger partial charge in [-0.1, -0.05) is 11.6 Å². The Morgan fingerprint density at radius 3 is 2.71 bits per heavy atom. The summed E-state index contributed by atoms with van der Waals surface area (Å²) in [5.41, 5.74) is 0.555. The maximum atomic E-state index is 12.4. The number of esters is 1. The van der Waals surface area contributed by atoms with E-state index in [2.05, 4.69) is 10.1 Å². The van der Waals surface area contributed by atoms with E-state index in [0.717, 1.165) is 6.26 Å². The summed E-state index contributed by atoms with van der Waals surface area (Å²) in [5, 5.41) is 2.96. The van der Waals surface area contributed by atoms with Gasteiger partial charge in [0.2, 0.25) is 15.9 Å². The summed E-state index contributed by atoms with van der Waals surface area (Å²) in [6, 6.07) is 4.42. The van der Waals surface area contributed by atoms with Crippen LogP contribution >= 0.6 is 11.6 Å². The van der Waals surface area contributed by atoms with Crippen molar-refractivity contribution in [2.75, 3.05) is 31.8 Å². The highest BCUT2D eigenvalue weighted by Crippen LogP contribution is 2.26. The van der Waals surface area contributed by atoms with Crippen LogP contribution in [0.1, 0.15) is 23.2 Å². The SMILES string of the molecule is COC(=O)c1ccc(Cl)c(NC(=O)[C@@H]2CCCN(S(C)(=O)=O)C2)c1. The number of carbonyl (C=O) groups is 2. The van der Waals surface area contributed by atoms with Gasteiger partial charge in [0, 0.05) is 13.1 Å². The zero-order valence-corrected chi connectivity index (χ0v) is 15.0. The van der Waals surface area contributed by atoms with Crippen LogP contribution in [0.5, 0.6) is 0 Å². The molecule has 0 unspecified atom stereocenters. The molecule has 1 heterocycles. The van der Waals surface area contributed by atoms with E-state index >= 15 is 0 Å². The lowest BCUT2D eigenvalue weighted by atomic mass is 9.98. The van der Waals surface area contributed by atoms with Crippen LogP contribution in [0, 0.1) is 5.92 Å². The predicted molar refractivity (Wildman–Crippen MR) is 90.6 cm³/mol. The minimum Gasteiger partial charge on any atom is -0.465 e. The van der Waals surface area contributed by atoms with Gasteiger partial charge < -0.3 is 10.1 Å². The van der Waals surface area contributed by atoms with E-state index in [-0.39, 0.29) is 23.0 Å². The minimum atomic E-state index is -3.33. The summed E-state index contributed by atoms with van der Waals surface area (Å²) in [6.45, 7) is 0.556. The second-order valence-corrected chi connectivity index (χ2v) is 8.03. The first-order valence-corrected chi connectivity index (χ1v) is 9.59. The van der Waals surface area contributed by atoms with E-state index in [1.54, 1.807) is 0 Å². The van der Waals surface area contributed by atoms with Crippen LogP contribution in [-0.2, 0) is 19.6 Å². The number of piperidine rings is 1. The lowest BCUT2D eigenvalue weighted by Gasteiger charge is -2.30. The van der Waals surface area contributed by atoms with Gasteiger partial charge in [-0.05, 0) is 31.0 Å². The molecule has 7 nitrogen and oxygen atoms in total. The molecule has 0 saturated carbocycles. The van der Waals surface area contributed by atoms with Crippen LogP contribution in [0.2, 0.25) is 5.02 Å². The molecule has 1 fully saturated rings. The van der Waals surface area contributed by atoms with E-state index in [9.17, 15) is 18.0 Å². The fourth-order valence-corrected chi connectivity index (χ4v) is 3.63. The molecular weight excluding hydrogens is 356 g/mol. The highest BCUT2D eigenvalue weighted by molar-refractivity contribution is 7.88. The number of nitrogens with one attached hydrogen (secondary N) is 1. The molecule has 1 aromatic rings. The molecule has 0 radical (unpaired) electrons. The third kappa shape index (κ3) is 4.46. The Hall–Kier alpha value is -1.64. The molecule has 1 aromatic carbocycles. The van der Waals surface area contributed by atoms with Crippen LogP contribution in [0.3, 0.4) is 0 Å². The number of hydrogen-bond acceptors (Lipinski definition) is 5. The number of nitrogens with zero attached hydrogens (tertiary/aromatic N) is 1. The first-order valence-electron chi connectivity index (χ1n) is 7.36. The summed E-state index contributed by atoms with van der Waals surface area (Å²) < 4.78 is 29.2. The summed E-state index contributed by atoms with van der Waals surface area (Å²) in [6.07, 6.45) is 2.33. The maximum absolute atomic E-state index is 12.4. The molecule has 0 aromatic heterocycles. The second-order valence-electron chi connectivity index (χ2n) is 5.64. The molecule has 1 atom stereocenters. The standard InChI is InChI=1S/C15H19ClN2O5S/c1-23-15(20)10-5-6-12(16)13(8-10)17-14(19)11-4-3-7-18(9-11)24(2,21)22/h5-6,8,11H,3-4,7,9H2,1-2H3,(H,17,19)/t11-/m1/s1. The largest absolute Gasteiger partial charge is 0.465 e. The zero-order valence-electron chi connectivity index (χ0n) is 13.4. The molecule has 0 spiro atoms. The minimum absolute atomic E-state index is 0.138. The number of carbonyl (C=O) groups excluding carboxylic acids is 2. The van der Waals surface area contributed by atoms with Gasteiger partial charge >= 0.3 is 5.97 Å². The molecule has 2 rings (SSSR count). The molecule has 132 valence electrons. The van der Waals surface area contributed by atoms with Gasteiger partial charge in [0.05, 0.1) is 35.6 Å². The van der Waals surface area contributed by atoms with Crippen LogP contribution in [0.4, 0.5) is 5.69 Å². The van der Waals surface area contributed by atoms with Gasteiger partial charge in [-0.15, -0.1) is 0 Å². The summed E-state index contributed by atoms with van der Waals surface area (Å²) in [4.78, 5) is 24.0. The van der Waals surface area contributed by atoms with Crippen molar-refractivity contribution in [3.05, 3.63) is 28.8 Å². The van der Waals surface area contributed by atoms with E-state index in [0.29, 0.717) is 25.1 Å². The Balaban J connectivity index is 2.13. The van der Waals surface area contributed by atoms with Crippen LogP contribution < -0.4 is 5.32 Å². The number of rotatable bonds is 4. The number of halogens is 1. The number of sulfonamides is 1. The van der Waals surface area contributed by atoms with Crippen molar-refractivity contribution in [3.63, 3.8) is 0 Å². The molecule has 1 N–H and O–H groups in total. The number of methoxy groups -OCH3 is 1. The van der Waals surface area contributed by atoms with Crippen molar-refractivity contribution in [2.24, 2.45) is 5.92 Å². The Bertz CT molecular complexity index is 750. The zero-order chi connectivity index (χ0) is 17.9. The number of benzene rings is 1. The molecule has 0 bridgehead atoms. The Morgan fingerprint density at radius 2 is 2.08 bits per heavy atom. The van der Waals surface area contributed by atoms with Gasteiger partial charge in [-0.2, -0.15) is 0 Å². The molecule has 0 aliphatic carbocycles. The van der Waals surface area contributed by atoms with E-state index in [1.165, 1.54) is 29.6 Å². The molecule has 9 heteroatoms. The van der Waals surface area contributed by atoms with E-state index in [1.807, 2.05) is 0 Å². The molecule has 1 amide bonds. The van der Waals surface area contributed by atoms with Crippen molar-refractivity contribution >= 4 is 39.2 Å². The average molecular weight is 375 g/mol. The van der Waals surface area contributed by atoms with Crippen molar-refractivity contribution in [2.45, 2.75) is 12.8 Å². The predicted octanol–water partition coefficient (Wildman–Crippen LogP) is 1.74. The molecule has 1 aliphatic heterocycles. The highest BCUT2D eigenvalue weighted by Gasteiger charge is 2.30. The van der Waals surface area contributed by atoms with Gasteiger partial charge in [0.15, 0.2) is 0 Å². The summed E-state index contributed by atoms with van der Waals surface area (Å²) >= 11 is 6.06. The highest BCUT2D eigenvalue weighted by atomic mass is 35.5. The lowest BCUT2D eigenvalue weighted by molar-refractivity contribution is -0.120. The molecule has 24 heavy (non-hydrogen) atoms. The third-order valence-corrected chi connectivity index (χ3v) is 5.47. The Labute approximate surface area is 146 Å². The van der Waals surface area contributed by atoms with Crippen molar-refractivity contribution in [1.29, 1.82) is 0 Å². The second kappa shape index (κ2) is 7.50. The summed E-state index contributed by atoms with van der Waals surface area (Å²) in [5.74, 6) is -1.33. The first-order chi connectivity index (χ1) is 11.2. The van der Waals surface area contributed by atoms with Crippen molar-refractivity contribution in [1.82, 2.24) is 4.31 Å². The topological polar surface area (TPSA) is 92.8 Å². The molecule has 1 aliphatic rings. The Kier molecular flexibility index (Phi) is 5.84. The van der Waals surface area contributed by atoms with Gasteiger partial charge in [0.1, 0.15) is 0 Å². The maximum Gasteiger partial charge on any atom is 0.337 e.